The van der Waals surface area contributed by atoms with E-state index in [0.717, 1.165) is 31.2 Å². The molecule has 158 valence electrons. The summed E-state index contributed by atoms with van der Waals surface area (Å²) in [6.07, 6.45) is 5.46. The first-order chi connectivity index (χ1) is 14.0. The zero-order valence-corrected chi connectivity index (χ0v) is 17.7. The average Bonchev–Trinajstić information content (AvgIpc) is 3.39. The molecule has 0 aliphatic carbocycles. The maximum Gasteiger partial charge on any atom is 0.289 e. The molecule has 1 saturated heterocycles. The number of aliphatic imine (C=N–C) groups is 1. The van der Waals surface area contributed by atoms with Crippen LogP contribution in [0.1, 0.15) is 29.1 Å². The first-order valence-corrected chi connectivity index (χ1v) is 10.0. The van der Waals surface area contributed by atoms with Gasteiger partial charge in [0.15, 0.2) is 11.7 Å². The lowest BCUT2D eigenvalue weighted by Gasteiger charge is -2.36. The molecule has 9 nitrogen and oxygen atoms in total. The standard InChI is InChI=1S/C20H31N7O2/c1-5-21-20(22-14-17(24(2)3)16-13-23-25(4)15-16)27-10-8-26(9-11-27)19(28)18-7-6-12-29-18/h6-7,12-13,15,17H,5,8-11,14H2,1-4H3,(H,21,22). The Hall–Kier alpha value is -2.81. The molecule has 1 fully saturated rings. The fourth-order valence-corrected chi connectivity index (χ4v) is 3.46. The predicted octanol–water partition coefficient (Wildman–Crippen LogP) is 1.04. The third-order valence-corrected chi connectivity index (χ3v) is 5.08. The summed E-state index contributed by atoms with van der Waals surface area (Å²) < 4.78 is 7.06. The second-order valence-electron chi connectivity index (χ2n) is 7.38. The number of aromatic nitrogens is 2. The molecule has 0 spiro atoms. The van der Waals surface area contributed by atoms with Crippen LogP contribution in [0.25, 0.3) is 0 Å². The van der Waals surface area contributed by atoms with E-state index in [-0.39, 0.29) is 11.9 Å². The molecule has 2 aromatic heterocycles. The Morgan fingerprint density at radius 3 is 2.59 bits per heavy atom. The summed E-state index contributed by atoms with van der Waals surface area (Å²) in [6.45, 7) is 6.25. The average molecular weight is 402 g/mol. The lowest BCUT2D eigenvalue weighted by Crippen LogP contribution is -2.53. The van der Waals surface area contributed by atoms with Gasteiger partial charge in [-0.15, -0.1) is 0 Å². The zero-order chi connectivity index (χ0) is 20.8. The number of furan rings is 1. The van der Waals surface area contributed by atoms with Crippen molar-refractivity contribution >= 4 is 11.9 Å². The lowest BCUT2D eigenvalue weighted by atomic mass is 10.1. The third-order valence-electron chi connectivity index (χ3n) is 5.08. The van der Waals surface area contributed by atoms with E-state index in [9.17, 15) is 4.79 Å². The van der Waals surface area contributed by atoms with Gasteiger partial charge in [0.25, 0.3) is 5.91 Å². The van der Waals surface area contributed by atoms with Crippen LogP contribution < -0.4 is 5.32 Å². The minimum Gasteiger partial charge on any atom is -0.459 e. The molecule has 3 heterocycles. The summed E-state index contributed by atoms with van der Waals surface area (Å²) in [5.41, 5.74) is 1.14. The molecule has 0 radical (unpaired) electrons. The Balaban J connectivity index is 1.64. The van der Waals surface area contributed by atoms with E-state index >= 15 is 0 Å². The van der Waals surface area contributed by atoms with E-state index in [1.807, 2.05) is 29.0 Å². The van der Waals surface area contributed by atoms with E-state index in [2.05, 4.69) is 41.2 Å². The second-order valence-corrected chi connectivity index (χ2v) is 7.38. The molecule has 1 amide bonds. The van der Waals surface area contributed by atoms with Crippen molar-refractivity contribution in [2.75, 3.05) is 53.4 Å². The van der Waals surface area contributed by atoms with Crippen molar-refractivity contribution in [2.45, 2.75) is 13.0 Å². The summed E-state index contributed by atoms with van der Waals surface area (Å²) >= 11 is 0. The van der Waals surface area contributed by atoms with Crippen LogP contribution in [0.3, 0.4) is 0 Å². The van der Waals surface area contributed by atoms with E-state index in [0.29, 0.717) is 25.4 Å². The molecule has 0 bridgehead atoms. The van der Waals surface area contributed by atoms with Crippen LogP contribution in [0.4, 0.5) is 0 Å². The number of carbonyl (C=O) groups excluding carboxylic acids is 1. The van der Waals surface area contributed by atoms with Gasteiger partial charge in [0.1, 0.15) is 0 Å². The topological polar surface area (TPSA) is 82.1 Å². The molecule has 1 unspecified atom stereocenters. The molecule has 2 aromatic rings. The van der Waals surface area contributed by atoms with Crippen LogP contribution in [0, 0.1) is 0 Å². The molecule has 1 atom stereocenters. The minimum absolute atomic E-state index is 0.0548. The summed E-state index contributed by atoms with van der Waals surface area (Å²) in [7, 11) is 6.03. The number of nitrogens with zero attached hydrogens (tertiary/aromatic N) is 6. The van der Waals surface area contributed by atoms with Crippen molar-refractivity contribution < 1.29 is 9.21 Å². The molecule has 0 saturated carbocycles. The molecule has 9 heteroatoms. The normalized spacial score (nSPS) is 16.4. The van der Waals surface area contributed by atoms with Crippen LogP contribution >= 0.6 is 0 Å². The number of hydrogen-bond acceptors (Lipinski definition) is 5. The number of piperazine rings is 1. The Labute approximate surface area is 172 Å². The highest BCUT2D eigenvalue weighted by atomic mass is 16.3. The summed E-state index contributed by atoms with van der Waals surface area (Å²) in [5.74, 6) is 1.22. The molecular formula is C20H31N7O2. The van der Waals surface area contributed by atoms with Crippen molar-refractivity contribution in [2.24, 2.45) is 12.0 Å². The van der Waals surface area contributed by atoms with Gasteiger partial charge in [-0.25, -0.2) is 0 Å². The van der Waals surface area contributed by atoms with Gasteiger partial charge in [0.05, 0.1) is 25.0 Å². The number of rotatable bonds is 6. The molecular weight excluding hydrogens is 370 g/mol. The zero-order valence-electron chi connectivity index (χ0n) is 17.7. The fraction of sp³-hybridized carbons (Fsp3) is 0.550. The largest absolute Gasteiger partial charge is 0.459 e. The maximum atomic E-state index is 12.5. The quantitative estimate of drug-likeness (QED) is 0.575. The summed E-state index contributed by atoms with van der Waals surface area (Å²) in [4.78, 5) is 23.6. The van der Waals surface area contributed by atoms with Gasteiger partial charge in [-0.05, 0) is 33.2 Å². The van der Waals surface area contributed by atoms with E-state index in [1.54, 1.807) is 12.1 Å². The van der Waals surface area contributed by atoms with Crippen molar-refractivity contribution in [3.63, 3.8) is 0 Å². The molecule has 29 heavy (non-hydrogen) atoms. The van der Waals surface area contributed by atoms with Gasteiger partial charge in [-0.2, -0.15) is 5.10 Å². The van der Waals surface area contributed by atoms with Crippen LogP contribution in [0.15, 0.2) is 40.2 Å². The van der Waals surface area contributed by atoms with Gasteiger partial charge < -0.3 is 24.4 Å². The summed E-state index contributed by atoms with van der Waals surface area (Å²) in [6, 6.07) is 3.60. The Kier molecular flexibility index (Phi) is 6.92. The van der Waals surface area contributed by atoms with Crippen molar-refractivity contribution in [1.29, 1.82) is 0 Å². The van der Waals surface area contributed by atoms with Gasteiger partial charge in [0, 0.05) is 51.5 Å². The first-order valence-electron chi connectivity index (χ1n) is 10.0. The second kappa shape index (κ2) is 9.60. The number of guanidine groups is 1. The number of hydrogen-bond donors (Lipinski definition) is 1. The highest BCUT2D eigenvalue weighted by Crippen LogP contribution is 2.18. The van der Waals surface area contributed by atoms with Gasteiger partial charge in [0.2, 0.25) is 0 Å². The number of nitrogens with one attached hydrogen (secondary N) is 1. The molecule has 0 aromatic carbocycles. The number of amides is 1. The molecule has 1 aliphatic rings. The van der Waals surface area contributed by atoms with E-state index < -0.39 is 0 Å². The first kappa shape index (κ1) is 20.9. The maximum absolute atomic E-state index is 12.5. The van der Waals surface area contributed by atoms with E-state index in [1.165, 1.54) is 6.26 Å². The van der Waals surface area contributed by atoms with Crippen LogP contribution in [-0.2, 0) is 7.05 Å². The predicted molar refractivity (Wildman–Crippen MR) is 112 cm³/mol. The Morgan fingerprint density at radius 1 is 1.31 bits per heavy atom. The smallest absolute Gasteiger partial charge is 0.289 e. The van der Waals surface area contributed by atoms with Crippen LogP contribution in [-0.4, -0.2) is 89.7 Å². The number of carbonyl (C=O) groups is 1. The SMILES string of the molecule is CCNC(=NCC(c1cnn(C)c1)N(C)C)N1CCN(C(=O)c2ccco2)CC1. The van der Waals surface area contributed by atoms with Crippen molar-refractivity contribution in [3.8, 4) is 0 Å². The molecule has 1 aliphatic heterocycles. The molecule has 1 N–H and O–H groups in total. The Bertz CT molecular complexity index is 805. The third kappa shape index (κ3) is 5.17. The van der Waals surface area contributed by atoms with Gasteiger partial charge >= 0.3 is 0 Å². The van der Waals surface area contributed by atoms with E-state index in [4.69, 9.17) is 9.41 Å². The van der Waals surface area contributed by atoms with Crippen molar-refractivity contribution in [3.05, 3.63) is 42.1 Å². The Morgan fingerprint density at radius 2 is 2.03 bits per heavy atom. The molecule has 3 rings (SSSR count). The number of likely N-dealkylation sites (N-methyl/N-ethyl adjacent to an activating group) is 1. The lowest BCUT2D eigenvalue weighted by molar-refractivity contribution is 0.0657. The highest BCUT2D eigenvalue weighted by molar-refractivity contribution is 5.91. The van der Waals surface area contributed by atoms with Gasteiger partial charge in [-0.3, -0.25) is 14.5 Å². The van der Waals surface area contributed by atoms with Crippen LogP contribution in [0.5, 0.6) is 0 Å². The van der Waals surface area contributed by atoms with Crippen LogP contribution in [0.2, 0.25) is 0 Å². The summed E-state index contributed by atoms with van der Waals surface area (Å²) in [5, 5.41) is 7.68. The van der Waals surface area contributed by atoms with Gasteiger partial charge in [-0.1, -0.05) is 0 Å². The number of aryl methyl sites for hydroxylation is 1. The monoisotopic (exact) mass is 401 g/mol. The fourth-order valence-electron chi connectivity index (χ4n) is 3.46. The van der Waals surface area contributed by atoms with Crippen molar-refractivity contribution in [1.82, 2.24) is 29.8 Å². The highest BCUT2D eigenvalue weighted by Gasteiger charge is 2.25. The minimum atomic E-state index is -0.0548.